The van der Waals surface area contributed by atoms with Crippen LogP contribution in [0.2, 0.25) is 0 Å². The molecule has 1 aromatic heterocycles. The summed E-state index contributed by atoms with van der Waals surface area (Å²) in [7, 11) is -3.58. The van der Waals surface area contributed by atoms with Crippen LogP contribution < -0.4 is 14.8 Å². The van der Waals surface area contributed by atoms with E-state index in [1.807, 2.05) is 25.1 Å². The third-order valence-electron chi connectivity index (χ3n) is 4.98. The van der Waals surface area contributed by atoms with Crippen LogP contribution in [0.4, 0.5) is 5.13 Å². The van der Waals surface area contributed by atoms with Crippen molar-refractivity contribution in [1.29, 1.82) is 5.26 Å². The maximum absolute atomic E-state index is 12.4. The number of amides is 1. The normalized spacial score (nSPS) is 11.6. The number of carbonyl (C=O) groups excluding carboxylic acids is 1. The summed E-state index contributed by atoms with van der Waals surface area (Å²) in [5.74, 6) is 0.569. The number of benzene rings is 2. The standard InChI is InChI=1S/C25H26N4O5S2/c1-4-18-12-17(3)13-22(15-18)34-11-10-33-21-8-6-19(7-9-21)14-20(16-26)23(30)27-24-28-25(29-35-24)36(31,32)5-2/h6-9,12-15H,4-5,10-11H2,1-3H3,(H,27,28,29,30)/b20-14-. The third-order valence-corrected chi connectivity index (χ3v) is 7.23. The Hall–Kier alpha value is -3.75. The Kier molecular flexibility index (Phi) is 9.16. The van der Waals surface area contributed by atoms with E-state index in [1.165, 1.54) is 18.6 Å². The van der Waals surface area contributed by atoms with Crippen LogP contribution in [-0.4, -0.2) is 42.6 Å². The molecule has 0 atom stereocenters. The molecular formula is C25H26N4O5S2. The average Bonchev–Trinajstić information content (AvgIpc) is 3.35. The molecule has 0 bridgehead atoms. The molecule has 9 nitrogen and oxygen atoms in total. The van der Waals surface area contributed by atoms with Crippen molar-refractivity contribution >= 4 is 38.5 Å². The molecular weight excluding hydrogens is 500 g/mol. The van der Waals surface area contributed by atoms with Gasteiger partial charge in [0, 0.05) is 11.5 Å². The quantitative estimate of drug-likeness (QED) is 0.223. The zero-order valence-electron chi connectivity index (χ0n) is 20.1. The maximum atomic E-state index is 12.4. The van der Waals surface area contributed by atoms with Gasteiger partial charge in [0.25, 0.3) is 11.1 Å². The number of ether oxygens (including phenoxy) is 2. The van der Waals surface area contributed by atoms with Crippen molar-refractivity contribution in [2.24, 2.45) is 0 Å². The molecule has 0 saturated heterocycles. The highest BCUT2D eigenvalue weighted by atomic mass is 32.2. The summed E-state index contributed by atoms with van der Waals surface area (Å²) < 4.78 is 38.9. The number of sulfone groups is 1. The second-order valence-corrected chi connectivity index (χ2v) is 10.6. The molecule has 0 radical (unpaired) electrons. The van der Waals surface area contributed by atoms with Gasteiger partial charge in [0.1, 0.15) is 36.4 Å². The van der Waals surface area contributed by atoms with E-state index in [4.69, 9.17) is 9.47 Å². The molecule has 0 aliphatic carbocycles. The van der Waals surface area contributed by atoms with E-state index in [1.54, 1.807) is 24.3 Å². The van der Waals surface area contributed by atoms with E-state index in [-0.39, 0.29) is 21.6 Å². The topological polar surface area (TPSA) is 131 Å². The van der Waals surface area contributed by atoms with E-state index in [2.05, 4.69) is 27.7 Å². The van der Waals surface area contributed by atoms with Gasteiger partial charge in [-0.1, -0.05) is 32.0 Å². The second kappa shape index (κ2) is 12.3. The van der Waals surface area contributed by atoms with Crippen molar-refractivity contribution in [3.05, 3.63) is 64.7 Å². The lowest BCUT2D eigenvalue weighted by Crippen LogP contribution is -2.13. The lowest BCUT2D eigenvalue weighted by Gasteiger charge is -2.10. The molecule has 3 rings (SSSR count). The molecule has 0 fully saturated rings. The van der Waals surface area contributed by atoms with Gasteiger partial charge in [-0.3, -0.25) is 10.1 Å². The van der Waals surface area contributed by atoms with Crippen molar-refractivity contribution in [2.45, 2.75) is 32.3 Å². The second-order valence-electron chi connectivity index (χ2n) is 7.68. The van der Waals surface area contributed by atoms with E-state index in [0.29, 0.717) is 24.5 Å². The van der Waals surface area contributed by atoms with Crippen molar-refractivity contribution < 1.29 is 22.7 Å². The lowest BCUT2D eigenvalue weighted by atomic mass is 10.1. The number of anilines is 1. The van der Waals surface area contributed by atoms with Crippen LogP contribution >= 0.6 is 11.5 Å². The van der Waals surface area contributed by atoms with E-state index in [0.717, 1.165) is 29.3 Å². The molecule has 0 saturated carbocycles. The summed E-state index contributed by atoms with van der Waals surface area (Å²) in [6.07, 6.45) is 2.35. The fourth-order valence-corrected chi connectivity index (χ4v) is 4.67. The third kappa shape index (κ3) is 7.37. The molecule has 1 amide bonds. The monoisotopic (exact) mass is 526 g/mol. The Balaban J connectivity index is 1.55. The fraction of sp³-hybridized carbons (Fsp3) is 0.280. The Labute approximate surface area is 214 Å². The Morgan fingerprint density at radius 3 is 2.44 bits per heavy atom. The van der Waals surface area contributed by atoms with E-state index >= 15 is 0 Å². The van der Waals surface area contributed by atoms with Gasteiger partial charge in [-0.2, -0.15) is 14.6 Å². The molecule has 1 heterocycles. The number of carbonyl (C=O) groups is 1. The number of nitrogens with one attached hydrogen (secondary N) is 1. The van der Waals surface area contributed by atoms with Gasteiger partial charge in [-0.05, 0) is 60.4 Å². The zero-order valence-corrected chi connectivity index (χ0v) is 21.8. The van der Waals surface area contributed by atoms with Crippen LogP contribution in [0.5, 0.6) is 11.5 Å². The molecule has 0 spiro atoms. The van der Waals surface area contributed by atoms with Gasteiger partial charge in [-0.25, -0.2) is 8.42 Å². The summed E-state index contributed by atoms with van der Waals surface area (Å²) in [4.78, 5) is 16.3. The number of nitrogens with zero attached hydrogens (tertiary/aromatic N) is 3. The highest BCUT2D eigenvalue weighted by Gasteiger charge is 2.20. The van der Waals surface area contributed by atoms with Gasteiger partial charge in [0.05, 0.1) is 5.75 Å². The summed E-state index contributed by atoms with van der Waals surface area (Å²) >= 11 is 0.731. The number of nitriles is 1. The summed E-state index contributed by atoms with van der Waals surface area (Å²) in [5.41, 5.74) is 2.81. The molecule has 3 aromatic rings. The number of aromatic nitrogens is 2. The molecule has 11 heteroatoms. The molecule has 36 heavy (non-hydrogen) atoms. The van der Waals surface area contributed by atoms with Gasteiger partial charge in [0.15, 0.2) is 0 Å². The van der Waals surface area contributed by atoms with Gasteiger partial charge >= 0.3 is 0 Å². The molecule has 1 N–H and O–H groups in total. The number of hydrogen-bond acceptors (Lipinski definition) is 9. The molecule has 0 unspecified atom stereocenters. The first-order valence-corrected chi connectivity index (χ1v) is 13.6. The van der Waals surface area contributed by atoms with E-state index in [9.17, 15) is 18.5 Å². The minimum atomic E-state index is -3.58. The van der Waals surface area contributed by atoms with Gasteiger partial charge in [0.2, 0.25) is 15.0 Å². The highest BCUT2D eigenvalue weighted by molar-refractivity contribution is 7.91. The highest BCUT2D eigenvalue weighted by Crippen LogP contribution is 2.19. The molecule has 0 aliphatic rings. The largest absolute Gasteiger partial charge is 0.490 e. The predicted octanol–water partition coefficient (Wildman–Crippen LogP) is 4.21. The Morgan fingerprint density at radius 1 is 1.11 bits per heavy atom. The zero-order chi connectivity index (χ0) is 26.1. The van der Waals surface area contributed by atoms with Crippen LogP contribution in [-0.2, 0) is 21.1 Å². The van der Waals surface area contributed by atoms with Gasteiger partial charge in [-0.15, -0.1) is 0 Å². The number of rotatable bonds is 11. The van der Waals surface area contributed by atoms with Crippen LogP contribution in [0, 0.1) is 18.3 Å². The molecule has 0 aliphatic heterocycles. The fourth-order valence-electron chi connectivity index (χ4n) is 3.09. The number of aryl methyl sites for hydroxylation is 2. The van der Waals surface area contributed by atoms with Crippen LogP contribution in [0.15, 0.2) is 53.2 Å². The van der Waals surface area contributed by atoms with Crippen LogP contribution in [0.1, 0.15) is 30.5 Å². The summed E-state index contributed by atoms with van der Waals surface area (Å²) in [6, 6.07) is 14.9. The Bertz CT molecular complexity index is 1390. The van der Waals surface area contributed by atoms with E-state index < -0.39 is 15.7 Å². The number of hydrogen-bond donors (Lipinski definition) is 1. The van der Waals surface area contributed by atoms with Crippen molar-refractivity contribution in [1.82, 2.24) is 9.36 Å². The SMILES string of the molecule is CCc1cc(C)cc(OCCOc2ccc(/C=C(/C#N)C(=O)Nc3nc(S(=O)(=O)CC)ns3)cc2)c1. The van der Waals surface area contributed by atoms with Crippen molar-refractivity contribution in [2.75, 3.05) is 24.3 Å². The van der Waals surface area contributed by atoms with Gasteiger partial charge < -0.3 is 9.47 Å². The lowest BCUT2D eigenvalue weighted by molar-refractivity contribution is -0.112. The average molecular weight is 527 g/mol. The molecule has 2 aromatic carbocycles. The summed E-state index contributed by atoms with van der Waals surface area (Å²) in [5, 5.41) is 11.5. The summed E-state index contributed by atoms with van der Waals surface area (Å²) in [6.45, 7) is 6.35. The molecule has 188 valence electrons. The first kappa shape index (κ1) is 26.8. The maximum Gasteiger partial charge on any atom is 0.268 e. The van der Waals surface area contributed by atoms with Crippen molar-refractivity contribution in [3.63, 3.8) is 0 Å². The minimum absolute atomic E-state index is 0.00396. The van der Waals surface area contributed by atoms with Crippen molar-refractivity contribution in [3.8, 4) is 17.6 Å². The minimum Gasteiger partial charge on any atom is -0.490 e. The van der Waals surface area contributed by atoms with Crippen LogP contribution in [0.25, 0.3) is 6.08 Å². The predicted molar refractivity (Wildman–Crippen MR) is 138 cm³/mol. The first-order chi connectivity index (χ1) is 17.2. The Morgan fingerprint density at radius 2 is 1.81 bits per heavy atom. The van der Waals surface area contributed by atoms with Crippen LogP contribution in [0.3, 0.4) is 0 Å². The first-order valence-electron chi connectivity index (χ1n) is 11.2. The smallest absolute Gasteiger partial charge is 0.268 e.